The van der Waals surface area contributed by atoms with Crippen molar-refractivity contribution in [1.29, 1.82) is 5.26 Å². The summed E-state index contributed by atoms with van der Waals surface area (Å²) in [6.07, 6.45) is 6.21. The third-order valence-corrected chi connectivity index (χ3v) is 3.33. The quantitative estimate of drug-likeness (QED) is 0.686. The molecule has 0 aromatic heterocycles. The molecule has 0 bridgehead atoms. The van der Waals surface area contributed by atoms with Crippen LogP contribution in [0, 0.1) is 11.3 Å². The van der Waals surface area contributed by atoms with Crippen molar-refractivity contribution in [1.82, 2.24) is 0 Å². The van der Waals surface area contributed by atoms with E-state index < -0.39 is 5.79 Å². The summed E-state index contributed by atoms with van der Waals surface area (Å²) < 4.78 is 11.8. The van der Waals surface area contributed by atoms with Gasteiger partial charge in [-0.05, 0) is 12.8 Å². The monoisotopic (exact) mass is 223 g/mol. The van der Waals surface area contributed by atoms with Crippen LogP contribution < -0.4 is 0 Å². The first kappa shape index (κ1) is 11.6. The van der Waals surface area contributed by atoms with Crippen LogP contribution in [0.3, 0.4) is 0 Å². The SMILES string of the molecule is N#CC[C@@H]1C[C@H](CC=O)OC2(CCCC2)O1. The number of carbonyl (C=O) groups is 1. The van der Waals surface area contributed by atoms with E-state index >= 15 is 0 Å². The highest BCUT2D eigenvalue weighted by Gasteiger charge is 2.44. The number of carbonyl (C=O) groups excluding carboxylic acids is 1. The Balaban J connectivity index is 2.04. The van der Waals surface area contributed by atoms with Crippen LogP contribution in [-0.4, -0.2) is 24.3 Å². The van der Waals surface area contributed by atoms with E-state index in [2.05, 4.69) is 6.07 Å². The van der Waals surface area contributed by atoms with E-state index in [1.54, 1.807) is 0 Å². The van der Waals surface area contributed by atoms with Gasteiger partial charge in [0.15, 0.2) is 5.79 Å². The molecule has 1 heterocycles. The summed E-state index contributed by atoms with van der Waals surface area (Å²) in [6, 6.07) is 2.14. The van der Waals surface area contributed by atoms with Gasteiger partial charge in [0.25, 0.3) is 0 Å². The molecule has 1 saturated carbocycles. The molecule has 2 rings (SSSR count). The molecule has 2 atom stereocenters. The van der Waals surface area contributed by atoms with Crippen molar-refractivity contribution >= 4 is 6.29 Å². The highest BCUT2D eigenvalue weighted by molar-refractivity contribution is 5.50. The summed E-state index contributed by atoms with van der Waals surface area (Å²) in [7, 11) is 0. The van der Waals surface area contributed by atoms with Gasteiger partial charge in [-0.25, -0.2) is 0 Å². The van der Waals surface area contributed by atoms with Gasteiger partial charge in [-0.1, -0.05) is 0 Å². The molecule has 0 aromatic carbocycles. The average molecular weight is 223 g/mol. The van der Waals surface area contributed by atoms with Gasteiger partial charge in [0, 0.05) is 25.7 Å². The van der Waals surface area contributed by atoms with E-state index in [0.29, 0.717) is 19.3 Å². The minimum absolute atomic E-state index is 0.0669. The molecular formula is C12H17NO3. The molecule has 2 aliphatic rings. The van der Waals surface area contributed by atoms with E-state index in [9.17, 15) is 4.79 Å². The minimum atomic E-state index is -0.493. The van der Waals surface area contributed by atoms with Crippen LogP contribution in [0.15, 0.2) is 0 Å². The fraction of sp³-hybridized carbons (Fsp3) is 0.833. The van der Waals surface area contributed by atoms with Crippen LogP contribution in [0.25, 0.3) is 0 Å². The van der Waals surface area contributed by atoms with E-state index in [0.717, 1.165) is 32.0 Å². The van der Waals surface area contributed by atoms with Crippen molar-refractivity contribution in [3.8, 4) is 6.07 Å². The van der Waals surface area contributed by atoms with Crippen LogP contribution in [0.4, 0.5) is 0 Å². The zero-order valence-corrected chi connectivity index (χ0v) is 9.35. The Labute approximate surface area is 95.5 Å². The number of nitrogens with zero attached hydrogens (tertiary/aromatic N) is 1. The number of hydrogen-bond donors (Lipinski definition) is 0. The van der Waals surface area contributed by atoms with Crippen molar-refractivity contribution in [3.63, 3.8) is 0 Å². The maximum absolute atomic E-state index is 10.6. The highest BCUT2D eigenvalue weighted by Crippen LogP contribution is 2.41. The first-order valence-corrected chi connectivity index (χ1v) is 5.94. The van der Waals surface area contributed by atoms with E-state index in [1.807, 2.05) is 0 Å². The lowest BCUT2D eigenvalue weighted by molar-refractivity contribution is -0.312. The number of rotatable bonds is 3. The summed E-state index contributed by atoms with van der Waals surface area (Å²) in [4.78, 5) is 10.6. The molecule has 1 saturated heterocycles. The fourth-order valence-corrected chi connectivity index (χ4v) is 2.65. The Kier molecular flexibility index (Phi) is 3.57. The lowest BCUT2D eigenvalue weighted by Gasteiger charge is -2.42. The van der Waals surface area contributed by atoms with Gasteiger partial charge in [-0.2, -0.15) is 5.26 Å². The molecule has 0 unspecified atom stereocenters. The Morgan fingerprint density at radius 2 is 2.00 bits per heavy atom. The molecule has 16 heavy (non-hydrogen) atoms. The summed E-state index contributed by atoms with van der Waals surface area (Å²) in [5.74, 6) is -0.493. The van der Waals surface area contributed by atoms with Crippen LogP contribution in [0.2, 0.25) is 0 Å². The first-order chi connectivity index (χ1) is 7.78. The van der Waals surface area contributed by atoms with Crippen LogP contribution >= 0.6 is 0 Å². The normalized spacial score (nSPS) is 32.4. The molecule has 0 radical (unpaired) electrons. The van der Waals surface area contributed by atoms with Gasteiger partial charge < -0.3 is 14.3 Å². The van der Waals surface area contributed by atoms with E-state index in [1.165, 1.54) is 0 Å². The van der Waals surface area contributed by atoms with Gasteiger partial charge in [0.2, 0.25) is 0 Å². The van der Waals surface area contributed by atoms with Gasteiger partial charge in [-0.15, -0.1) is 0 Å². The van der Waals surface area contributed by atoms with Gasteiger partial charge in [0.05, 0.1) is 24.7 Å². The molecule has 1 spiro atoms. The first-order valence-electron chi connectivity index (χ1n) is 5.94. The predicted octanol–water partition coefficient (Wildman–Crippen LogP) is 1.93. The molecule has 4 nitrogen and oxygen atoms in total. The molecule has 0 amide bonds. The van der Waals surface area contributed by atoms with Gasteiger partial charge >= 0.3 is 0 Å². The Bertz CT molecular complexity index is 291. The zero-order valence-electron chi connectivity index (χ0n) is 9.35. The van der Waals surface area contributed by atoms with E-state index in [-0.39, 0.29) is 12.2 Å². The van der Waals surface area contributed by atoms with Crippen molar-refractivity contribution in [2.75, 3.05) is 0 Å². The third-order valence-electron chi connectivity index (χ3n) is 3.33. The van der Waals surface area contributed by atoms with E-state index in [4.69, 9.17) is 14.7 Å². The maximum atomic E-state index is 10.6. The molecular weight excluding hydrogens is 206 g/mol. The van der Waals surface area contributed by atoms with Crippen molar-refractivity contribution in [2.45, 2.75) is 62.9 Å². The molecule has 1 aliphatic carbocycles. The van der Waals surface area contributed by atoms with Crippen molar-refractivity contribution in [2.24, 2.45) is 0 Å². The lowest BCUT2D eigenvalue weighted by Crippen LogP contribution is -2.46. The third kappa shape index (κ3) is 2.42. The van der Waals surface area contributed by atoms with Crippen LogP contribution in [0.5, 0.6) is 0 Å². The molecule has 1 aliphatic heterocycles. The summed E-state index contributed by atoms with van der Waals surface area (Å²) >= 11 is 0. The second-order valence-corrected chi connectivity index (χ2v) is 4.60. The highest BCUT2D eigenvalue weighted by atomic mass is 16.7. The summed E-state index contributed by atoms with van der Waals surface area (Å²) in [5.41, 5.74) is 0. The zero-order chi connectivity index (χ0) is 11.4. The number of ether oxygens (including phenoxy) is 2. The Morgan fingerprint density at radius 3 is 2.62 bits per heavy atom. The topological polar surface area (TPSA) is 59.3 Å². The maximum Gasteiger partial charge on any atom is 0.169 e. The molecule has 0 aromatic rings. The predicted molar refractivity (Wildman–Crippen MR) is 56.5 cm³/mol. The standard InChI is InChI=1S/C12H17NO3/c13-7-3-10-9-11(4-8-14)16-12(15-10)5-1-2-6-12/h8,10-11H,1-6,9H2/t10-,11+/m1/s1. The molecule has 88 valence electrons. The largest absolute Gasteiger partial charge is 0.346 e. The van der Waals surface area contributed by atoms with Crippen molar-refractivity contribution < 1.29 is 14.3 Å². The number of nitriles is 1. The summed E-state index contributed by atoms with van der Waals surface area (Å²) in [6.45, 7) is 0. The van der Waals surface area contributed by atoms with Gasteiger partial charge in [0.1, 0.15) is 6.29 Å². The summed E-state index contributed by atoms with van der Waals surface area (Å²) in [5, 5.41) is 8.73. The number of aldehydes is 1. The Morgan fingerprint density at radius 1 is 1.31 bits per heavy atom. The van der Waals surface area contributed by atoms with Gasteiger partial charge in [-0.3, -0.25) is 0 Å². The smallest absolute Gasteiger partial charge is 0.169 e. The lowest BCUT2D eigenvalue weighted by atomic mass is 10.0. The molecule has 2 fully saturated rings. The molecule has 0 N–H and O–H groups in total. The second kappa shape index (κ2) is 4.94. The van der Waals surface area contributed by atoms with Crippen LogP contribution in [-0.2, 0) is 14.3 Å². The minimum Gasteiger partial charge on any atom is -0.346 e. The second-order valence-electron chi connectivity index (χ2n) is 4.60. The number of hydrogen-bond acceptors (Lipinski definition) is 4. The molecule has 4 heteroatoms. The van der Waals surface area contributed by atoms with Crippen LogP contribution in [0.1, 0.15) is 44.9 Å². The Hall–Kier alpha value is -0.920. The van der Waals surface area contributed by atoms with Crippen molar-refractivity contribution in [3.05, 3.63) is 0 Å². The average Bonchev–Trinajstić information content (AvgIpc) is 2.66. The fourth-order valence-electron chi connectivity index (χ4n) is 2.65.